The fourth-order valence-corrected chi connectivity index (χ4v) is 0. The average Bonchev–Trinajstić information content (AvgIpc) is 2.18. The summed E-state index contributed by atoms with van der Waals surface area (Å²) in [5.41, 5.74) is 0. The Morgan fingerprint density at radius 2 is 0.667 bits per heavy atom. The first-order chi connectivity index (χ1) is 5.74. The van der Waals surface area contributed by atoms with Crippen LogP contribution in [0.5, 0.6) is 0 Å². The van der Waals surface area contributed by atoms with E-state index in [2.05, 4.69) is 0 Å². The highest BCUT2D eigenvalue weighted by atomic mass is 16.3. The van der Waals surface area contributed by atoms with Crippen LogP contribution in [0.1, 0.15) is 40.0 Å². The summed E-state index contributed by atoms with van der Waals surface area (Å²) in [7, 11) is 0. The Morgan fingerprint density at radius 3 is 0.667 bits per heavy atom. The van der Waals surface area contributed by atoms with Crippen LogP contribution in [0.4, 0.5) is 0 Å². The standard InChI is InChI=1S/3C3H8O/c3*1-2-3-4/h3*4H,2-3H2,1H3. The lowest BCUT2D eigenvalue weighted by Gasteiger charge is -1.69. The molecule has 0 atom stereocenters. The molecule has 0 rings (SSSR count). The van der Waals surface area contributed by atoms with Gasteiger partial charge >= 0.3 is 0 Å². The molecule has 0 radical (unpaired) electrons. The molecular weight excluding hydrogens is 156 g/mol. The van der Waals surface area contributed by atoms with Crippen molar-refractivity contribution >= 4 is 0 Å². The molecule has 78 valence electrons. The van der Waals surface area contributed by atoms with E-state index in [-0.39, 0.29) is 0 Å². The molecule has 0 aliphatic rings. The zero-order valence-corrected chi connectivity index (χ0v) is 8.58. The second kappa shape index (κ2) is 30.7. The van der Waals surface area contributed by atoms with Crippen LogP contribution in [-0.2, 0) is 0 Å². The molecule has 0 saturated heterocycles. The SMILES string of the molecule is CCCO.CCCO.CCCO. The van der Waals surface area contributed by atoms with E-state index in [1.165, 1.54) is 0 Å². The first kappa shape index (κ1) is 17.8. The first-order valence-electron chi connectivity index (χ1n) is 4.57. The second-order valence-electron chi connectivity index (χ2n) is 2.17. The largest absolute Gasteiger partial charge is 0.396 e. The molecule has 0 aromatic rings. The van der Waals surface area contributed by atoms with Gasteiger partial charge in [0.2, 0.25) is 0 Å². The predicted octanol–water partition coefficient (Wildman–Crippen LogP) is 1.17. The summed E-state index contributed by atoms with van der Waals surface area (Å²) < 4.78 is 0. The maximum Gasteiger partial charge on any atom is 0.0428 e. The van der Waals surface area contributed by atoms with Gasteiger partial charge in [-0.05, 0) is 19.3 Å². The van der Waals surface area contributed by atoms with Crippen molar-refractivity contribution in [1.29, 1.82) is 0 Å². The van der Waals surface area contributed by atoms with Crippen LogP contribution in [-0.4, -0.2) is 35.1 Å². The molecule has 0 bridgehead atoms. The van der Waals surface area contributed by atoms with Crippen molar-refractivity contribution in [2.45, 2.75) is 40.0 Å². The third-order valence-corrected chi connectivity index (χ3v) is 0.671. The molecule has 0 saturated carbocycles. The fourth-order valence-electron chi connectivity index (χ4n) is 0. The van der Waals surface area contributed by atoms with E-state index < -0.39 is 0 Å². The second-order valence-corrected chi connectivity index (χ2v) is 2.17. The minimum Gasteiger partial charge on any atom is -0.396 e. The van der Waals surface area contributed by atoms with Gasteiger partial charge in [0.1, 0.15) is 0 Å². The molecule has 0 aliphatic heterocycles. The van der Waals surface area contributed by atoms with Crippen LogP contribution < -0.4 is 0 Å². The van der Waals surface area contributed by atoms with Gasteiger partial charge in [0.05, 0.1) is 0 Å². The van der Waals surface area contributed by atoms with Crippen molar-refractivity contribution in [3.8, 4) is 0 Å². The van der Waals surface area contributed by atoms with Crippen molar-refractivity contribution in [3.63, 3.8) is 0 Å². The number of hydrogen-bond donors (Lipinski definition) is 3. The lowest BCUT2D eigenvalue weighted by atomic mass is 10.5. The summed E-state index contributed by atoms with van der Waals surface area (Å²) in [6.07, 6.45) is 2.62. The molecule has 0 amide bonds. The minimum atomic E-state index is 0.319. The summed E-state index contributed by atoms with van der Waals surface area (Å²) in [6, 6.07) is 0. The number of rotatable bonds is 3. The van der Waals surface area contributed by atoms with Gasteiger partial charge in [-0.15, -0.1) is 0 Å². The van der Waals surface area contributed by atoms with Crippen molar-refractivity contribution in [2.75, 3.05) is 19.8 Å². The quantitative estimate of drug-likeness (QED) is 0.611. The zero-order valence-electron chi connectivity index (χ0n) is 8.58. The third-order valence-electron chi connectivity index (χ3n) is 0.671. The van der Waals surface area contributed by atoms with Gasteiger partial charge in [0.15, 0.2) is 0 Å². The minimum absolute atomic E-state index is 0.319. The van der Waals surface area contributed by atoms with Crippen LogP contribution >= 0.6 is 0 Å². The fraction of sp³-hybridized carbons (Fsp3) is 1.00. The zero-order chi connectivity index (χ0) is 10.2. The van der Waals surface area contributed by atoms with Crippen molar-refractivity contribution < 1.29 is 15.3 Å². The normalized spacial score (nSPS) is 7.50. The molecule has 0 fully saturated rings. The first-order valence-corrected chi connectivity index (χ1v) is 4.57. The van der Waals surface area contributed by atoms with Crippen LogP contribution in [0.2, 0.25) is 0 Å². The van der Waals surface area contributed by atoms with Crippen molar-refractivity contribution in [3.05, 3.63) is 0 Å². The predicted molar refractivity (Wildman–Crippen MR) is 52.1 cm³/mol. The van der Waals surface area contributed by atoms with E-state index in [4.69, 9.17) is 15.3 Å². The Balaban J connectivity index is -0.000000101. The lowest BCUT2D eigenvalue weighted by molar-refractivity contribution is 0.294. The summed E-state index contributed by atoms with van der Waals surface area (Å²) in [6.45, 7) is 6.75. The summed E-state index contributed by atoms with van der Waals surface area (Å²) in [4.78, 5) is 0. The number of hydrogen-bond acceptors (Lipinski definition) is 3. The maximum absolute atomic E-state index is 7.88. The van der Waals surface area contributed by atoms with Gasteiger partial charge in [-0.25, -0.2) is 0 Å². The van der Waals surface area contributed by atoms with Gasteiger partial charge in [0.25, 0.3) is 0 Å². The number of aliphatic hydroxyl groups is 3. The Hall–Kier alpha value is -0.120. The molecule has 12 heavy (non-hydrogen) atoms. The van der Waals surface area contributed by atoms with E-state index in [1.54, 1.807) is 0 Å². The topological polar surface area (TPSA) is 60.7 Å². The summed E-state index contributed by atoms with van der Waals surface area (Å²) in [5, 5.41) is 23.6. The van der Waals surface area contributed by atoms with Crippen LogP contribution in [0.3, 0.4) is 0 Å². The van der Waals surface area contributed by atoms with Gasteiger partial charge in [0, 0.05) is 19.8 Å². The van der Waals surface area contributed by atoms with E-state index >= 15 is 0 Å². The van der Waals surface area contributed by atoms with Crippen LogP contribution in [0, 0.1) is 0 Å². The third kappa shape index (κ3) is 93.9. The smallest absolute Gasteiger partial charge is 0.0428 e. The van der Waals surface area contributed by atoms with Crippen LogP contribution in [0.15, 0.2) is 0 Å². The molecule has 0 aromatic carbocycles. The lowest BCUT2D eigenvalue weighted by Crippen LogP contribution is -1.69. The molecule has 3 nitrogen and oxygen atoms in total. The van der Waals surface area contributed by atoms with Gasteiger partial charge in [-0.1, -0.05) is 20.8 Å². The van der Waals surface area contributed by atoms with E-state index in [9.17, 15) is 0 Å². The number of aliphatic hydroxyl groups excluding tert-OH is 3. The Labute approximate surface area is 76.1 Å². The highest BCUT2D eigenvalue weighted by molar-refractivity contribution is 4.10. The average molecular weight is 180 g/mol. The molecule has 0 unspecified atom stereocenters. The molecule has 0 aromatic heterocycles. The molecular formula is C9H24O3. The highest BCUT2D eigenvalue weighted by Crippen LogP contribution is 1.62. The Bertz CT molecular complexity index is 25.2. The maximum atomic E-state index is 7.88. The van der Waals surface area contributed by atoms with Crippen molar-refractivity contribution in [1.82, 2.24) is 0 Å². The monoisotopic (exact) mass is 180 g/mol. The molecule has 0 spiro atoms. The summed E-state index contributed by atoms with van der Waals surface area (Å²) in [5.74, 6) is 0. The molecule has 3 heteroatoms. The Morgan fingerprint density at radius 1 is 0.583 bits per heavy atom. The Kier molecular flexibility index (Phi) is 45.7. The van der Waals surface area contributed by atoms with Crippen LogP contribution in [0.25, 0.3) is 0 Å². The molecule has 0 aliphatic carbocycles. The van der Waals surface area contributed by atoms with Gasteiger partial charge in [-0.2, -0.15) is 0 Å². The molecule has 3 N–H and O–H groups in total. The van der Waals surface area contributed by atoms with Crippen molar-refractivity contribution in [2.24, 2.45) is 0 Å². The van der Waals surface area contributed by atoms with Gasteiger partial charge < -0.3 is 15.3 Å². The highest BCUT2D eigenvalue weighted by Gasteiger charge is 1.58. The van der Waals surface area contributed by atoms with E-state index in [0.717, 1.165) is 19.3 Å². The van der Waals surface area contributed by atoms with E-state index in [0.29, 0.717) is 19.8 Å². The molecule has 0 heterocycles. The van der Waals surface area contributed by atoms with E-state index in [1.807, 2.05) is 20.8 Å². The van der Waals surface area contributed by atoms with Gasteiger partial charge in [-0.3, -0.25) is 0 Å². The summed E-state index contributed by atoms with van der Waals surface area (Å²) >= 11 is 0.